The fourth-order valence-electron chi connectivity index (χ4n) is 3.16. The lowest BCUT2D eigenvalue weighted by molar-refractivity contribution is -0.131. The molecule has 0 fully saturated rings. The predicted octanol–water partition coefficient (Wildman–Crippen LogP) is 5.47. The van der Waals surface area contributed by atoms with E-state index in [1.165, 1.54) is 0 Å². The molecule has 1 N–H and O–H groups in total. The number of carbonyl (C=O) groups excluding carboxylic acids is 1. The second kappa shape index (κ2) is 7.77. The zero-order chi connectivity index (χ0) is 19.6. The quantitative estimate of drug-likeness (QED) is 0.373. The largest absolute Gasteiger partial charge is 0.423 e. The Morgan fingerprint density at radius 1 is 1.00 bits per heavy atom. The molecule has 3 rings (SSSR count). The van der Waals surface area contributed by atoms with Crippen molar-refractivity contribution < 1.29 is 14.6 Å². The Morgan fingerprint density at radius 2 is 1.70 bits per heavy atom. The minimum atomic E-state index is -1.13. The van der Waals surface area contributed by atoms with Gasteiger partial charge in [0.15, 0.2) is 0 Å². The average molecular weight is 360 g/mol. The smallest absolute Gasteiger partial charge is 0.341 e. The van der Waals surface area contributed by atoms with Crippen LogP contribution in [0.4, 0.5) is 0 Å². The SMILES string of the molecule is C=C(C(=O)Oc1cc(C)ccc1C(C)C)C(O)c1cccc2ccccc12. The fraction of sp³-hybridized carbons (Fsp3) is 0.208. The third-order valence-corrected chi connectivity index (χ3v) is 4.70. The molecule has 27 heavy (non-hydrogen) atoms. The Morgan fingerprint density at radius 3 is 2.44 bits per heavy atom. The molecule has 138 valence electrons. The summed E-state index contributed by atoms with van der Waals surface area (Å²) in [4.78, 5) is 12.7. The number of aryl methyl sites for hydroxylation is 1. The van der Waals surface area contributed by atoms with Gasteiger partial charge in [-0.3, -0.25) is 0 Å². The molecule has 3 nitrogen and oxygen atoms in total. The van der Waals surface area contributed by atoms with Gasteiger partial charge >= 0.3 is 5.97 Å². The molecule has 3 aromatic carbocycles. The molecule has 0 saturated heterocycles. The molecule has 0 aliphatic carbocycles. The van der Waals surface area contributed by atoms with E-state index in [2.05, 4.69) is 6.58 Å². The van der Waals surface area contributed by atoms with Crippen molar-refractivity contribution in [3.05, 3.63) is 89.5 Å². The Kier molecular flexibility index (Phi) is 5.43. The molecule has 0 bridgehead atoms. The van der Waals surface area contributed by atoms with Crippen molar-refractivity contribution in [2.75, 3.05) is 0 Å². The highest BCUT2D eigenvalue weighted by molar-refractivity contribution is 5.93. The minimum absolute atomic E-state index is 0.0163. The summed E-state index contributed by atoms with van der Waals surface area (Å²) in [6.07, 6.45) is -1.13. The van der Waals surface area contributed by atoms with Gasteiger partial charge in [-0.1, -0.05) is 75.0 Å². The van der Waals surface area contributed by atoms with Crippen LogP contribution in [0, 0.1) is 6.92 Å². The molecular formula is C24H24O3. The van der Waals surface area contributed by atoms with Crippen LogP contribution in [0.25, 0.3) is 10.8 Å². The molecule has 0 saturated carbocycles. The lowest BCUT2D eigenvalue weighted by atomic mass is 9.96. The molecular weight excluding hydrogens is 336 g/mol. The number of benzene rings is 3. The van der Waals surface area contributed by atoms with Crippen molar-refractivity contribution in [2.24, 2.45) is 0 Å². The van der Waals surface area contributed by atoms with Crippen molar-refractivity contribution >= 4 is 16.7 Å². The highest BCUT2D eigenvalue weighted by Crippen LogP contribution is 2.31. The van der Waals surface area contributed by atoms with Gasteiger partial charge in [0.1, 0.15) is 11.9 Å². The van der Waals surface area contributed by atoms with Crippen LogP contribution < -0.4 is 4.74 Å². The van der Waals surface area contributed by atoms with E-state index in [1.54, 1.807) is 6.07 Å². The van der Waals surface area contributed by atoms with Gasteiger partial charge in [-0.25, -0.2) is 4.79 Å². The van der Waals surface area contributed by atoms with Gasteiger partial charge in [-0.2, -0.15) is 0 Å². The van der Waals surface area contributed by atoms with Crippen LogP contribution in [-0.2, 0) is 4.79 Å². The maximum Gasteiger partial charge on any atom is 0.341 e. The number of aliphatic hydroxyl groups excluding tert-OH is 1. The maximum atomic E-state index is 12.7. The summed E-state index contributed by atoms with van der Waals surface area (Å²) in [6.45, 7) is 9.84. The van der Waals surface area contributed by atoms with Gasteiger partial charge in [-0.15, -0.1) is 0 Å². The third-order valence-electron chi connectivity index (χ3n) is 4.70. The first kappa shape index (κ1) is 18.9. The number of ether oxygens (including phenoxy) is 1. The number of esters is 1. The number of aliphatic hydroxyl groups is 1. The Hall–Kier alpha value is -2.91. The number of hydrogen-bond donors (Lipinski definition) is 1. The average Bonchev–Trinajstić information content (AvgIpc) is 2.66. The number of fused-ring (bicyclic) bond motifs is 1. The minimum Gasteiger partial charge on any atom is -0.423 e. The second-order valence-corrected chi connectivity index (χ2v) is 7.08. The molecule has 0 aliphatic rings. The molecule has 3 aromatic rings. The summed E-state index contributed by atoms with van der Waals surface area (Å²) in [5.74, 6) is 0.105. The van der Waals surface area contributed by atoms with Crippen LogP contribution in [0.1, 0.15) is 42.6 Å². The summed E-state index contributed by atoms with van der Waals surface area (Å²) in [5.41, 5.74) is 2.61. The molecule has 1 atom stereocenters. The molecule has 0 radical (unpaired) electrons. The normalized spacial score (nSPS) is 12.2. The maximum absolute atomic E-state index is 12.7. The van der Waals surface area contributed by atoms with Gasteiger partial charge < -0.3 is 9.84 Å². The van der Waals surface area contributed by atoms with Crippen LogP contribution in [0.3, 0.4) is 0 Å². The number of rotatable bonds is 5. The first-order valence-electron chi connectivity index (χ1n) is 9.05. The monoisotopic (exact) mass is 360 g/mol. The van der Waals surface area contributed by atoms with E-state index in [0.717, 1.165) is 21.9 Å². The van der Waals surface area contributed by atoms with Crippen LogP contribution in [0.15, 0.2) is 72.8 Å². The van der Waals surface area contributed by atoms with Crippen LogP contribution in [-0.4, -0.2) is 11.1 Å². The predicted molar refractivity (Wildman–Crippen MR) is 109 cm³/mol. The molecule has 0 spiro atoms. The molecule has 3 heteroatoms. The summed E-state index contributed by atoms with van der Waals surface area (Å²) in [6, 6.07) is 19.2. The highest BCUT2D eigenvalue weighted by Gasteiger charge is 2.23. The summed E-state index contributed by atoms with van der Waals surface area (Å²) in [5, 5.41) is 12.7. The van der Waals surface area contributed by atoms with Gasteiger partial charge in [0.2, 0.25) is 0 Å². The summed E-state index contributed by atoms with van der Waals surface area (Å²) < 4.78 is 5.61. The zero-order valence-electron chi connectivity index (χ0n) is 15.9. The molecule has 0 aromatic heterocycles. The second-order valence-electron chi connectivity index (χ2n) is 7.08. The van der Waals surface area contributed by atoms with Crippen LogP contribution in [0.5, 0.6) is 5.75 Å². The first-order valence-corrected chi connectivity index (χ1v) is 9.05. The number of carbonyl (C=O) groups is 1. The van der Waals surface area contributed by atoms with E-state index < -0.39 is 12.1 Å². The molecule has 0 heterocycles. The van der Waals surface area contributed by atoms with Gasteiger partial charge in [0.25, 0.3) is 0 Å². The summed E-state index contributed by atoms with van der Waals surface area (Å²) in [7, 11) is 0. The fourth-order valence-corrected chi connectivity index (χ4v) is 3.16. The van der Waals surface area contributed by atoms with Gasteiger partial charge in [-0.05, 0) is 46.4 Å². The zero-order valence-corrected chi connectivity index (χ0v) is 15.9. The highest BCUT2D eigenvalue weighted by atomic mass is 16.5. The molecule has 0 amide bonds. The van der Waals surface area contributed by atoms with Gasteiger partial charge in [0, 0.05) is 0 Å². The van der Waals surface area contributed by atoms with Crippen molar-refractivity contribution in [1.29, 1.82) is 0 Å². The number of hydrogen-bond acceptors (Lipinski definition) is 3. The Bertz CT molecular complexity index is 996. The van der Waals surface area contributed by atoms with Crippen molar-refractivity contribution in [3.8, 4) is 5.75 Å². The van der Waals surface area contributed by atoms with E-state index in [9.17, 15) is 9.90 Å². The lowest BCUT2D eigenvalue weighted by Gasteiger charge is -2.18. The molecule has 1 unspecified atom stereocenters. The standard InChI is InChI=1S/C24H24O3/c1-15(2)19-13-12-16(3)14-22(19)27-24(26)17(4)23(25)21-11-7-9-18-8-5-6-10-20(18)21/h5-15,23,25H,4H2,1-3H3. The summed E-state index contributed by atoms with van der Waals surface area (Å²) >= 11 is 0. The van der Waals surface area contributed by atoms with E-state index >= 15 is 0 Å². The molecule has 0 aliphatic heterocycles. The van der Waals surface area contributed by atoms with Crippen LogP contribution in [0.2, 0.25) is 0 Å². The third kappa shape index (κ3) is 3.93. The van der Waals surface area contributed by atoms with E-state index in [0.29, 0.717) is 11.3 Å². The Labute approximate surface area is 159 Å². The van der Waals surface area contributed by atoms with E-state index in [-0.39, 0.29) is 11.5 Å². The van der Waals surface area contributed by atoms with Crippen molar-refractivity contribution in [3.63, 3.8) is 0 Å². The Balaban J connectivity index is 1.88. The topological polar surface area (TPSA) is 46.5 Å². The van der Waals surface area contributed by atoms with E-state index in [4.69, 9.17) is 4.74 Å². The van der Waals surface area contributed by atoms with Gasteiger partial charge in [0.05, 0.1) is 5.57 Å². The first-order chi connectivity index (χ1) is 12.9. The van der Waals surface area contributed by atoms with E-state index in [1.807, 2.05) is 75.4 Å². The van der Waals surface area contributed by atoms with Crippen molar-refractivity contribution in [2.45, 2.75) is 32.8 Å². The van der Waals surface area contributed by atoms with Crippen molar-refractivity contribution in [1.82, 2.24) is 0 Å². The van der Waals surface area contributed by atoms with Crippen LogP contribution >= 0.6 is 0 Å². The lowest BCUT2D eigenvalue weighted by Crippen LogP contribution is -2.17.